The van der Waals surface area contributed by atoms with Crippen molar-refractivity contribution < 1.29 is 4.74 Å². The highest BCUT2D eigenvalue weighted by Gasteiger charge is 2.08. The van der Waals surface area contributed by atoms with E-state index in [1.54, 1.807) is 6.20 Å². The molecule has 0 fully saturated rings. The van der Waals surface area contributed by atoms with E-state index in [1.165, 1.54) is 0 Å². The van der Waals surface area contributed by atoms with Gasteiger partial charge in [0.25, 0.3) is 0 Å². The van der Waals surface area contributed by atoms with Crippen LogP contribution in [0.3, 0.4) is 0 Å². The van der Waals surface area contributed by atoms with Crippen LogP contribution < -0.4 is 10.1 Å². The molecule has 0 aliphatic rings. The topological polar surface area (TPSA) is 39.1 Å². The Bertz CT molecular complexity index is 312. The first-order valence-electron chi connectivity index (χ1n) is 5.80. The van der Waals surface area contributed by atoms with E-state index < -0.39 is 0 Å². The van der Waals surface area contributed by atoms with E-state index in [1.807, 2.05) is 10.9 Å². The van der Waals surface area contributed by atoms with Crippen LogP contribution in [0.4, 0.5) is 0 Å². The van der Waals surface area contributed by atoms with Crippen molar-refractivity contribution in [3.05, 3.63) is 12.4 Å². The first-order valence-corrected chi connectivity index (χ1v) is 5.80. The molecular weight excluding hydrogens is 202 g/mol. The highest BCUT2D eigenvalue weighted by atomic mass is 16.5. The van der Waals surface area contributed by atoms with Crippen LogP contribution in [0.25, 0.3) is 0 Å². The standard InChI is InChI=1S/C12H23N3O/c1-10(2)15-9-11(8-14-15)16-7-6-13-12(3,4)5/h8-10,13H,6-7H2,1-5H3. The molecule has 0 aliphatic heterocycles. The highest BCUT2D eigenvalue weighted by molar-refractivity contribution is 5.11. The largest absolute Gasteiger partial charge is 0.489 e. The van der Waals surface area contributed by atoms with Crippen LogP contribution in [0.1, 0.15) is 40.7 Å². The average Bonchev–Trinajstić information content (AvgIpc) is 2.59. The van der Waals surface area contributed by atoms with E-state index in [-0.39, 0.29) is 5.54 Å². The second-order valence-electron chi connectivity index (χ2n) is 5.28. The Morgan fingerprint density at radius 3 is 2.62 bits per heavy atom. The molecule has 1 aromatic heterocycles. The molecule has 16 heavy (non-hydrogen) atoms. The van der Waals surface area contributed by atoms with Crippen LogP contribution in [-0.2, 0) is 0 Å². The Balaban J connectivity index is 2.27. The predicted molar refractivity (Wildman–Crippen MR) is 65.9 cm³/mol. The van der Waals surface area contributed by atoms with Crippen LogP contribution in [0, 0.1) is 0 Å². The van der Waals surface area contributed by atoms with Gasteiger partial charge in [0.05, 0.1) is 12.4 Å². The normalized spacial score (nSPS) is 12.1. The lowest BCUT2D eigenvalue weighted by atomic mass is 10.1. The molecule has 4 nitrogen and oxygen atoms in total. The summed E-state index contributed by atoms with van der Waals surface area (Å²) in [7, 11) is 0. The molecular formula is C12H23N3O. The second kappa shape index (κ2) is 5.34. The van der Waals surface area contributed by atoms with Crippen LogP contribution in [-0.4, -0.2) is 28.5 Å². The van der Waals surface area contributed by atoms with E-state index in [4.69, 9.17) is 4.74 Å². The smallest absolute Gasteiger partial charge is 0.157 e. The Labute approximate surface area is 98.0 Å². The van der Waals surface area contributed by atoms with Gasteiger partial charge < -0.3 is 10.1 Å². The Morgan fingerprint density at radius 1 is 1.44 bits per heavy atom. The van der Waals surface area contributed by atoms with Gasteiger partial charge in [-0.25, -0.2) is 0 Å². The maximum atomic E-state index is 5.59. The molecule has 0 unspecified atom stereocenters. The van der Waals surface area contributed by atoms with Crippen molar-refractivity contribution in [3.8, 4) is 5.75 Å². The van der Waals surface area contributed by atoms with Gasteiger partial charge in [0.15, 0.2) is 5.75 Å². The zero-order valence-electron chi connectivity index (χ0n) is 10.9. The fourth-order valence-electron chi connectivity index (χ4n) is 1.27. The molecule has 1 rings (SSSR count). The minimum atomic E-state index is 0.144. The van der Waals surface area contributed by atoms with Crippen LogP contribution >= 0.6 is 0 Å². The minimum absolute atomic E-state index is 0.144. The van der Waals surface area contributed by atoms with Gasteiger partial charge in [-0.2, -0.15) is 5.10 Å². The zero-order valence-corrected chi connectivity index (χ0v) is 10.9. The van der Waals surface area contributed by atoms with E-state index in [9.17, 15) is 0 Å². The zero-order chi connectivity index (χ0) is 12.2. The number of hydrogen-bond acceptors (Lipinski definition) is 3. The Morgan fingerprint density at radius 2 is 2.12 bits per heavy atom. The highest BCUT2D eigenvalue weighted by Crippen LogP contribution is 2.11. The molecule has 1 heterocycles. The van der Waals surface area contributed by atoms with Gasteiger partial charge in [-0.15, -0.1) is 0 Å². The molecule has 0 aliphatic carbocycles. The summed E-state index contributed by atoms with van der Waals surface area (Å²) in [5, 5.41) is 7.58. The van der Waals surface area contributed by atoms with Crippen LogP contribution in [0.5, 0.6) is 5.75 Å². The van der Waals surface area contributed by atoms with Gasteiger partial charge in [-0.05, 0) is 34.6 Å². The summed E-state index contributed by atoms with van der Waals surface area (Å²) in [6.07, 6.45) is 3.69. The number of hydrogen-bond donors (Lipinski definition) is 1. The SMILES string of the molecule is CC(C)n1cc(OCCNC(C)(C)C)cn1. The summed E-state index contributed by atoms with van der Waals surface area (Å²) in [6, 6.07) is 0.380. The fraction of sp³-hybridized carbons (Fsp3) is 0.750. The molecule has 4 heteroatoms. The Kier molecular flexibility index (Phi) is 4.35. The summed E-state index contributed by atoms with van der Waals surface area (Å²) in [5.74, 6) is 0.837. The lowest BCUT2D eigenvalue weighted by Gasteiger charge is -2.20. The lowest BCUT2D eigenvalue weighted by molar-refractivity contribution is 0.290. The quantitative estimate of drug-likeness (QED) is 0.781. The van der Waals surface area contributed by atoms with Crippen LogP contribution in [0.15, 0.2) is 12.4 Å². The summed E-state index contributed by atoms with van der Waals surface area (Å²) in [6.45, 7) is 12.1. The molecule has 1 N–H and O–H groups in total. The van der Waals surface area contributed by atoms with Crippen molar-refractivity contribution in [1.82, 2.24) is 15.1 Å². The van der Waals surface area contributed by atoms with E-state index in [0.29, 0.717) is 12.6 Å². The van der Waals surface area contributed by atoms with Crippen molar-refractivity contribution in [3.63, 3.8) is 0 Å². The second-order valence-corrected chi connectivity index (χ2v) is 5.28. The van der Waals surface area contributed by atoms with Crippen molar-refractivity contribution in [2.45, 2.75) is 46.2 Å². The maximum absolute atomic E-state index is 5.59. The molecule has 0 radical (unpaired) electrons. The third-order valence-corrected chi connectivity index (χ3v) is 2.13. The first kappa shape index (κ1) is 13.0. The maximum Gasteiger partial charge on any atom is 0.157 e. The van der Waals surface area contributed by atoms with Crippen molar-refractivity contribution in [1.29, 1.82) is 0 Å². The first-order chi connectivity index (χ1) is 7.38. The van der Waals surface area contributed by atoms with Gasteiger partial charge in [0.1, 0.15) is 6.61 Å². The Hall–Kier alpha value is -1.03. The van der Waals surface area contributed by atoms with E-state index >= 15 is 0 Å². The third kappa shape index (κ3) is 4.66. The number of nitrogens with one attached hydrogen (secondary N) is 1. The summed E-state index contributed by atoms with van der Waals surface area (Å²) < 4.78 is 7.48. The van der Waals surface area contributed by atoms with Gasteiger partial charge in [-0.1, -0.05) is 0 Å². The van der Waals surface area contributed by atoms with E-state index in [2.05, 4.69) is 45.0 Å². The molecule has 0 bridgehead atoms. The number of ether oxygens (including phenoxy) is 1. The molecule has 0 spiro atoms. The van der Waals surface area contributed by atoms with Crippen molar-refractivity contribution in [2.24, 2.45) is 0 Å². The number of aromatic nitrogens is 2. The van der Waals surface area contributed by atoms with Gasteiger partial charge >= 0.3 is 0 Å². The molecule has 0 saturated heterocycles. The van der Waals surface area contributed by atoms with Gasteiger partial charge in [0.2, 0.25) is 0 Å². The van der Waals surface area contributed by atoms with Crippen LogP contribution in [0.2, 0.25) is 0 Å². The summed E-state index contributed by atoms with van der Waals surface area (Å²) >= 11 is 0. The molecule has 92 valence electrons. The lowest BCUT2D eigenvalue weighted by Crippen LogP contribution is -2.38. The molecule has 0 atom stereocenters. The van der Waals surface area contributed by atoms with Gasteiger partial charge in [0, 0.05) is 18.1 Å². The van der Waals surface area contributed by atoms with Crippen molar-refractivity contribution >= 4 is 0 Å². The monoisotopic (exact) mass is 225 g/mol. The predicted octanol–water partition coefficient (Wildman–Crippen LogP) is 2.23. The number of nitrogens with zero attached hydrogens (tertiary/aromatic N) is 2. The molecule has 0 amide bonds. The summed E-state index contributed by atoms with van der Waals surface area (Å²) in [5.41, 5.74) is 0.144. The number of rotatable bonds is 5. The molecule has 1 aromatic rings. The average molecular weight is 225 g/mol. The third-order valence-electron chi connectivity index (χ3n) is 2.13. The van der Waals surface area contributed by atoms with Crippen molar-refractivity contribution in [2.75, 3.05) is 13.2 Å². The fourth-order valence-corrected chi connectivity index (χ4v) is 1.27. The molecule has 0 aromatic carbocycles. The molecule has 0 saturated carbocycles. The summed E-state index contributed by atoms with van der Waals surface area (Å²) in [4.78, 5) is 0. The minimum Gasteiger partial charge on any atom is -0.489 e. The van der Waals surface area contributed by atoms with E-state index in [0.717, 1.165) is 12.3 Å². The van der Waals surface area contributed by atoms with Gasteiger partial charge in [-0.3, -0.25) is 4.68 Å².